The van der Waals surface area contributed by atoms with Gasteiger partial charge in [-0.05, 0) is 24.0 Å². The highest BCUT2D eigenvalue weighted by molar-refractivity contribution is 7.10. The first-order valence-corrected chi connectivity index (χ1v) is 10.6. The van der Waals surface area contributed by atoms with Gasteiger partial charge in [0.25, 0.3) is 0 Å². The van der Waals surface area contributed by atoms with E-state index in [1.165, 1.54) is 23.8 Å². The van der Waals surface area contributed by atoms with Crippen LogP contribution >= 0.6 is 11.3 Å². The minimum absolute atomic E-state index is 0.00781. The summed E-state index contributed by atoms with van der Waals surface area (Å²) in [6.07, 6.45) is 2.13. The molecule has 0 fully saturated rings. The summed E-state index contributed by atoms with van der Waals surface area (Å²) in [4.78, 5) is 27.7. The van der Waals surface area contributed by atoms with Gasteiger partial charge in [-0.1, -0.05) is 54.6 Å². The van der Waals surface area contributed by atoms with Crippen molar-refractivity contribution in [2.45, 2.75) is 32.7 Å². The third-order valence-corrected chi connectivity index (χ3v) is 5.31. The van der Waals surface area contributed by atoms with Crippen molar-refractivity contribution >= 4 is 23.2 Å². The largest absolute Gasteiger partial charge is 0.356 e. The van der Waals surface area contributed by atoms with Crippen LogP contribution < -0.4 is 10.6 Å². The van der Waals surface area contributed by atoms with Crippen LogP contribution in [0.5, 0.6) is 0 Å². The van der Waals surface area contributed by atoms with E-state index in [1.54, 1.807) is 0 Å². The van der Waals surface area contributed by atoms with Gasteiger partial charge in [0.1, 0.15) is 5.01 Å². The molecule has 3 aromatic rings. The second kappa shape index (κ2) is 10.5. The van der Waals surface area contributed by atoms with Gasteiger partial charge in [-0.3, -0.25) is 9.59 Å². The lowest BCUT2D eigenvalue weighted by Gasteiger charge is -2.04. The molecule has 0 saturated carbocycles. The van der Waals surface area contributed by atoms with Crippen molar-refractivity contribution in [3.05, 3.63) is 76.1 Å². The zero-order valence-electron chi connectivity index (χ0n) is 16.5. The molecule has 0 aliphatic carbocycles. The van der Waals surface area contributed by atoms with E-state index in [0.29, 0.717) is 19.5 Å². The molecule has 0 atom stereocenters. The first-order chi connectivity index (χ1) is 14.1. The molecular weight excluding hydrogens is 382 g/mol. The van der Waals surface area contributed by atoms with Gasteiger partial charge in [0, 0.05) is 31.0 Å². The summed E-state index contributed by atoms with van der Waals surface area (Å²) < 4.78 is 0. The first-order valence-electron chi connectivity index (χ1n) is 9.69. The summed E-state index contributed by atoms with van der Waals surface area (Å²) in [7, 11) is 0. The second-order valence-corrected chi connectivity index (χ2v) is 7.79. The summed E-state index contributed by atoms with van der Waals surface area (Å²) in [6.45, 7) is 2.75. The van der Waals surface area contributed by atoms with E-state index in [2.05, 4.69) is 39.9 Å². The van der Waals surface area contributed by atoms with Crippen LogP contribution in [0.3, 0.4) is 0 Å². The van der Waals surface area contributed by atoms with Crippen LogP contribution in [-0.2, 0) is 29.0 Å². The van der Waals surface area contributed by atoms with Crippen LogP contribution in [0.4, 0.5) is 0 Å². The molecule has 1 aromatic heterocycles. The fourth-order valence-electron chi connectivity index (χ4n) is 2.92. The number of rotatable bonds is 9. The minimum atomic E-state index is -0.0238. The molecule has 3 rings (SSSR count). The van der Waals surface area contributed by atoms with Crippen molar-refractivity contribution in [1.82, 2.24) is 15.6 Å². The van der Waals surface area contributed by atoms with E-state index in [-0.39, 0.29) is 11.8 Å². The predicted molar refractivity (Wildman–Crippen MR) is 117 cm³/mol. The number of aryl methyl sites for hydroxylation is 1. The average Bonchev–Trinajstić information content (AvgIpc) is 3.19. The lowest BCUT2D eigenvalue weighted by Crippen LogP contribution is -2.24. The number of hydrogen-bond acceptors (Lipinski definition) is 4. The van der Waals surface area contributed by atoms with E-state index in [4.69, 9.17) is 0 Å². The Morgan fingerprint density at radius 3 is 2.45 bits per heavy atom. The molecule has 6 heteroatoms. The van der Waals surface area contributed by atoms with Crippen molar-refractivity contribution in [2.24, 2.45) is 0 Å². The Morgan fingerprint density at radius 2 is 1.72 bits per heavy atom. The molecule has 29 heavy (non-hydrogen) atoms. The molecule has 2 amide bonds. The van der Waals surface area contributed by atoms with Gasteiger partial charge >= 0.3 is 0 Å². The van der Waals surface area contributed by atoms with Crippen molar-refractivity contribution in [2.75, 3.05) is 6.54 Å². The van der Waals surface area contributed by atoms with Crippen molar-refractivity contribution in [1.29, 1.82) is 0 Å². The molecule has 5 nitrogen and oxygen atoms in total. The van der Waals surface area contributed by atoms with Gasteiger partial charge in [-0.2, -0.15) is 0 Å². The van der Waals surface area contributed by atoms with Crippen LogP contribution in [0.15, 0.2) is 60.0 Å². The SMILES string of the molecule is CC(=O)NCCCc1ccc(-c2csc(CC(=O)NCc3ccccc3)n2)cc1. The van der Waals surface area contributed by atoms with Gasteiger partial charge in [0.05, 0.1) is 12.1 Å². The highest BCUT2D eigenvalue weighted by Gasteiger charge is 2.09. The Morgan fingerprint density at radius 1 is 0.966 bits per heavy atom. The number of hydrogen-bond donors (Lipinski definition) is 2. The van der Waals surface area contributed by atoms with Crippen LogP contribution in [0.2, 0.25) is 0 Å². The third-order valence-electron chi connectivity index (χ3n) is 4.46. The smallest absolute Gasteiger partial charge is 0.227 e. The van der Waals surface area contributed by atoms with Crippen LogP contribution in [0.1, 0.15) is 29.5 Å². The Balaban J connectivity index is 1.48. The van der Waals surface area contributed by atoms with Crippen LogP contribution in [0, 0.1) is 0 Å². The Kier molecular flexibility index (Phi) is 7.53. The number of thiazole rings is 1. The number of amides is 2. The molecule has 0 radical (unpaired) electrons. The van der Waals surface area contributed by atoms with Crippen molar-refractivity contribution in [3.8, 4) is 11.3 Å². The summed E-state index contributed by atoms with van der Waals surface area (Å²) in [5.74, 6) is -0.0160. The maximum absolute atomic E-state index is 12.2. The molecular formula is C23H25N3O2S. The summed E-state index contributed by atoms with van der Waals surface area (Å²) in [5, 5.41) is 8.55. The molecule has 2 N–H and O–H groups in total. The molecule has 0 aliphatic heterocycles. The lowest BCUT2D eigenvalue weighted by molar-refractivity contribution is -0.120. The molecule has 0 bridgehead atoms. The average molecular weight is 408 g/mol. The van der Waals surface area contributed by atoms with Gasteiger partial charge in [-0.25, -0.2) is 4.98 Å². The van der Waals surface area contributed by atoms with Crippen molar-refractivity contribution in [3.63, 3.8) is 0 Å². The minimum Gasteiger partial charge on any atom is -0.356 e. The van der Waals surface area contributed by atoms with E-state index in [1.807, 2.05) is 35.7 Å². The number of carbonyl (C=O) groups is 2. The highest BCUT2D eigenvalue weighted by Crippen LogP contribution is 2.23. The predicted octanol–water partition coefficient (Wildman–Crippen LogP) is 3.74. The van der Waals surface area contributed by atoms with Crippen molar-refractivity contribution < 1.29 is 9.59 Å². The quantitative estimate of drug-likeness (QED) is 0.531. The molecule has 0 unspecified atom stereocenters. The van der Waals surface area contributed by atoms with Gasteiger partial charge in [0.2, 0.25) is 11.8 Å². The summed E-state index contributed by atoms with van der Waals surface area (Å²) in [5.41, 5.74) is 4.25. The first kappa shape index (κ1) is 20.7. The Bertz CT molecular complexity index is 936. The topological polar surface area (TPSA) is 71.1 Å². The van der Waals surface area contributed by atoms with Gasteiger partial charge < -0.3 is 10.6 Å². The summed E-state index contributed by atoms with van der Waals surface area (Å²) in [6, 6.07) is 18.2. The molecule has 150 valence electrons. The number of nitrogens with one attached hydrogen (secondary N) is 2. The molecule has 2 aromatic carbocycles. The van der Waals surface area contributed by atoms with Gasteiger partial charge in [0.15, 0.2) is 0 Å². The third kappa shape index (κ3) is 6.84. The van der Waals surface area contributed by atoms with E-state index in [0.717, 1.165) is 34.7 Å². The molecule has 0 saturated heterocycles. The number of benzene rings is 2. The summed E-state index contributed by atoms with van der Waals surface area (Å²) >= 11 is 1.51. The maximum Gasteiger partial charge on any atom is 0.227 e. The van der Waals surface area contributed by atoms with Gasteiger partial charge in [-0.15, -0.1) is 11.3 Å². The fourth-order valence-corrected chi connectivity index (χ4v) is 3.72. The number of aromatic nitrogens is 1. The maximum atomic E-state index is 12.2. The Hall–Kier alpha value is -2.99. The number of carbonyl (C=O) groups excluding carboxylic acids is 2. The number of nitrogens with zero attached hydrogens (tertiary/aromatic N) is 1. The molecule has 0 spiro atoms. The van der Waals surface area contributed by atoms with E-state index in [9.17, 15) is 9.59 Å². The molecule has 0 aliphatic rings. The van der Waals surface area contributed by atoms with E-state index < -0.39 is 0 Å². The highest BCUT2D eigenvalue weighted by atomic mass is 32.1. The van der Waals surface area contributed by atoms with Crippen LogP contribution in [-0.4, -0.2) is 23.3 Å². The second-order valence-electron chi connectivity index (χ2n) is 6.85. The fraction of sp³-hybridized carbons (Fsp3) is 0.261. The Labute approximate surface area is 175 Å². The molecule has 1 heterocycles. The monoisotopic (exact) mass is 407 g/mol. The standard InChI is InChI=1S/C23H25N3O2S/c1-17(27)24-13-5-8-18-9-11-20(12-10-18)21-16-29-23(26-21)14-22(28)25-15-19-6-3-2-4-7-19/h2-4,6-7,9-12,16H,5,8,13-15H2,1H3,(H,24,27)(H,25,28). The lowest BCUT2D eigenvalue weighted by atomic mass is 10.1. The zero-order chi connectivity index (χ0) is 20.5. The van der Waals surface area contributed by atoms with E-state index >= 15 is 0 Å². The van der Waals surface area contributed by atoms with Crippen LogP contribution in [0.25, 0.3) is 11.3 Å². The zero-order valence-corrected chi connectivity index (χ0v) is 17.3. The normalized spacial score (nSPS) is 10.5.